The van der Waals surface area contributed by atoms with Crippen molar-refractivity contribution in [2.24, 2.45) is 7.05 Å². The highest BCUT2D eigenvalue weighted by atomic mass is 15.2. The van der Waals surface area contributed by atoms with Crippen LogP contribution in [0.4, 0.5) is 11.6 Å². The Morgan fingerprint density at radius 3 is 2.78 bits per heavy atom. The van der Waals surface area contributed by atoms with Crippen molar-refractivity contribution in [3.8, 4) is 0 Å². The summed E-state index contributed by atoms with van der Waals surface area (Å²) in [5, 5.41) is 7.40. The Balaban J connectivity index is 2.16. The molecule has 6 heteroatoms. The molecule has 2 heterocycles. The van der Waals surface area contributed by atoms with Gasteiger partial charge in [0.1, 0.15) is 18.0 Å². The summed E-state index contributed by atoms with van der Waals surface area (Å²) in [5.41, 5.74) is 7.95. The molecule has 0 saturated heterocycles. The zero-order valence-electron chi connectivity index (χ0n) is 10.9. The maximum absolute atomic E-state index is 5.89. The van der Waals surface area contributed by atoms with Gasteiger partial charge in [-0.25, -0.2) is 9.97 Å². The molecule has 3 N–H and O–H groups in total. The molecule has 96 valence electrons. The Morgan fingerprint density at radius 2 is 2.17 bits per heavy atom. The molecule has 6 nitrogen and oxygen atoms in total. The standard InChI is InChI=1S/C12H18N6/c1-8(2)10-11(13)15-7-16-12(10)14-4-9-5-17-18(3)6-9/h5-8H,4H2,1-3H3,(H3,13,14,15,16). The Morgan fingerprint density at radius 1 is 1.39 bits per heavy atom. The van der Waals surface area contributed by atoms with Crippen LogP contribution in [0.3, 0.4) is 0 Å². The summed E-state index contributed by atoms with van der Waals surface area (Å²) >= 11 is 0. The Bertz CT molecular complexity index is 531. The molecule has 2 aromatic rings. The molecule has 2 rings (SSSR count). The fourth-order valence-electron chi connectivity index (χ4n) is 1.87. The van der Waals surface area contributed by atoms with Crippen LogP contribution in [-0.2, 0) is 13.6 Å². The van der Waals surface area contributed by atoms with Gasteiger partial charge in [0.15, 0.2) is 0 Å². The second kappa shape index (κ2) is 5.03. The maximum Gasteiger partial charge on any atom is 0.135 e. The van der Waals surface area contributed by atoms with Gasteiger partial charge < -0.3 is 11.1 Å². The molecule has 18 heavy (non-hydrogen) atoms. The lowest BCUT2D eigenvalue weighted by atomic mass is 10.0. The van der Waals surface area contributed by atoms with Gasteiger partial charge in [-0.1, -0.05) is 13.8 Å². The number of hydrogen-bond donors (Lipinski definition) is 2. The molecule has 0 aliphatic carbocycles. The van der Waals surface area contributed by atoms with Crippen LogP contribution in [0.25, 0.3) is 0 Å². The van der Waals surface area contributed by atoms with Crippen LogP contribution >= 0.6 is 0 Å². The molecule has 0 unspecified atom stereocenters. The maximum atomic E-state index is 5.89. The highest BCUT2D eigenvalue weighted by Crippen LogP contribution is 2.26. The number of nitrogen functional groups attached to an aromatic ring is 1. The van der Waals surface area contributed by atoms with Crippen molar-refractivity contribution in [1.29, 1.82) is 0 Å². The molecule has 0 saturated carbocycles. The van der Waals surface area contributed by atoms with E-state index in [0.717, 1.165) is 16.9 Å². The minimum Gasteiger partial charge on any atom is -0.383 e. The molecule has 0 fully saturated rings. The van der Waals surface area contributed by atoms with Crippen LogP contribution in [0.5, 0.6) is 0 Å². The van der Waals surface area contributed by atoms with Gasteiger partial charge in [-0.05, 0) is 5.92 Å². The van der Waals surface area contributed by atoms with E-state index in [2.05, 4.69) is 34.2 Å². The first kappa shape index (κ1) is 12.3. The minimum atomic E-state index is 0.280. The molecule has 0 aliphatic heterocycles. The Hall–Kier alpha value is -2.11. The van der Waals surface area contributed by atoms with Crippen molar-refractivity contribution >= 4 is 11.6 Å². The summed E-state index contributed by atoms with van der Waals surface area (Å²) < 4.78 is 1.77. The second-order valence-corrected chi connectivity index (χ2v) is 4.55. The third-order valence-corrected chi connectivity index (χ3v) is 2.71. The van der Waals surface area contributed by atoms with Crippen molar-refractivity contribution in [2.75, 3.05) is 11.1 Å². The van der Waals surface area contributed by atoms with E-state index >= 15 is 0 Å². The van der Waals surface area contributed by atoms with Crippen LogP contribution in [0.1, 0.15) is 30.9 Å². The van der Waals surface area contributed by atoms with Crippen LogP contribution in [0.2, 0.25) is 0 Å². The fourth-order valence-corrected chi connectivity index (χ4v) is 1.87. The van der Waals surface area contributed by atoms with E-state index in [1.165, 1.54) is 6.33 Å². The van der Waals surface area contributed by atoms with E-state index in [4.69, 9.17) is 5.73 Å². The SMILES string of the molecule is CC(C)c1c(N)ncnc1NCc1cnn(C)c1. The van der Waals surface area contributed by atoms with E-state index in [0.29, 0.717) is 12.4 Å². The largest absolute Gasteiger partial charge is 0.383 e. The number of aryl methyl sites for hydroxylation is 1. The summed E-state index contributed by atoms with van der Waals surface area (Å²) in [4.78, 5) is 8.28. The summed E-state index contributed by atoms with van der Waals surface area (Å²) in [6.45, 7) is 4.82. The third-order valence-electron chi connectivity index (χ3n) is 2.71. The van der Waals surface area contributed by atoms with Crippen LogP contribution in [0, 0.1) is 0 Å². The van der Waals surface area contributed by atoms with Gasteiger partial charge in [-0.2, -0.15) is 5.10 Å². The van der Waals surface area contributed by atoms with Gasteiger partial charge in [0, 0.05) is 30.9 Å². The number of anilines is 2. The smallest absolute Gasteiger partial charge is 0.135 e. The van der Waals surface area contributed by atoms with Crippen molar-refractivity contribution in [3.05, 3.63) is 29.8 Å². The molecule has 0 radical (unpaired) electrons. The average molecular weight is 246 g/mol. The lowest BCUT2D eigenvalue weighted by molar-refractivity contribution is 0.767. The summed E-state index contributed by atoms with van der Waals surface area (Å²) in [6.07, 6.45) is 5.27. The third kappa shape index (κ3) is 2.58. The summed E-state index contributed by atoms with van der Waals surface area (Å²) in [6, 6.07) is 0. The Labute approximate surface area is 106 Å². The number of nitrogens with two attached hydrogens (primary N) is 1. The minimum absolute atomic E-state index is 0.280. The predicted molar refractivity (Wildman–Crippen MR) is 71.1 cm³/mol. The number of hydrogen-bond acceptors (Lipinski definition) is 5. The number of rotatable bonds is 4. The molecular formula is C12H18N6. The van der Waals surface area contributed by atoms with E-state index in [-0.39, 0.29) is 5.92 Å². The van der Waals surface area contributed by atoms with Crippen molar-refractivity contribution in [1.82, 2.24) is 19.7 Å². The van der Waals surface area contributed by atoms with Crippen molar-refractivity contribution < 1.29 is 0 Å². The van der Waals surface area contributed by atoms with Crippen molar-refractivity contribution in [3.63, 3.8) is 0 Å². The van der Waals surface area contributed by atoms with Gasteiger partial charge in [0.2, 0.25) is 0 Å². The normalized spacial score (nSPS) is 10.9. The molecule has 0 aliphatic rings. The predicted octanol–water partition coefficient (Wildman–Crippen LogP) is 1.53. The number of nitrogens with zero attached hydrogens (tertiary/aromatic N) is 4. The molecule has 0 spiro atoms. The van der Waals surface area contributed by atoms with Gasteiger partial charge in [0.05, 0.1) is 6.20 Å². The first-order chi connectivity index (χ1) is 8.58. The van der Waals surface area contributed by atoms with Crippen molar-refractivity contribution in [2.45, 2.75) is 26.3 Å². The van der Waals surface area contributed by atoms with E-state index in [1.807, 2.05) is 19.4 Å². The topological polar surface area (TPSA) is 81.7 Å². The van der Waals surface area contributed by atoms with Crippen LogP contribution < -0.4 is 11.1 Å². The quantitative estimate of drug-likeness (QED) is 0.855. The van der Waals surface area contributed by atoms with Crippen LogP contribution in [-0.4, -0.2) is 19.7 Å². The summed E-state index contributed by atoms with van der Waals surface area (Å²) in [5.74, 6) is 1.61. The van der Waals surface area contributed by atoms with E-state index < -0.39 is 0 Å². The Kier molecular flexibility index (Phi) is 3.45. The van der Waals surface area contributed by atoms with Gasteiger partial charge >= 0.3 is 0 Å². The van der Waals surface area contributed by atoms with E-state index in [1.54, 1.807) is 4.68 Å². The monoisotopic (exact) mass is 246 g/mol. The van der Waals surface area contributed by atoms with E-state index in [9.17, 15) is 0 Å². The second-order valence-electron chi connectivity index (χ2n) is 4.55. The molecule has 0 amide bonds. The fraction of sp³-hybridized carbons (Fsp3) is 0.417. The van der Waals surface area contributed by atoms with Gasteiger partial charge in [0.25, 0.3) is 0 Å². The van der Waals surface area contributed by atoms with Crippen LogP contribution in [0.15, 0.2) is 18.7 Å². The zero-order valence-corrected chi connectivity index (χ0v) is 10.9. The summed E-state index contributed by atoms with van der Waals surface area (Å²) in [7, 11) is 1.89. The lowest BCUT2D eigenvalue weighted by Gasteiger charge is -2.14. The van der Waals surface area contributed by atoms with Gasteiger partial charge in [-0.15, -0.1) is 0 Å². The van der Waals surface area contributed by atoms with Gasteiger partial charge in [-0.3, -0.25) is 4.68 Å². The zero-order chi connectivity index (χ0) is 13.1. The molecule has 0 aromatic carbocycles. The average Bonchev–Trinajstić information content (AvgIpc) is 2.72. The molecule has 0 bridgehead atoms. The highest BCUT2D eigenvalue weighted by molar-refractivity contribution is 5.56. The molecule has 0 atom stereocenters. The lowest BCUT2D eigenvalue weighted by Crippen LogP contribution is -2.09. The molecule has 2 aromatic heterocycles. The molecular weight excluding hydrogens is 228 g/mol. The highest BCUT2D eigenvalue weighted by Gasteiger charge is 2.12. The number of aromatic nitrogens is 4. The number of nitrogens with one attached hydrogen (secondary N) is 1. The first-order valence-electron chi connectivity index (χ1n) is 5.89. The first-order valence-corrected chi connectivity index (χ1v) is 5.89.